The molecule has 20 heavy (non-hydrogen) atoms. The first-order valence-corrected chi connectivity index (χ1v) is 6.08. The molecule has 0 aliphatic rings. The molecule has 0 aliphatic heterocycles. The lowest BCUT2D eigenvalue weighted by Gasteiger charge is -2.08. The summed E-state index contributed by atoms with van der Waals surface area (Å²) >= 11 is 0. The van der Waals surface area contributed by atoms with Gasteiger partial charge in [-0.3, -0.25) is 9.59 Å². The van der Waals surface area contributed by atoms with Crippen LogP contribution in [0.25, 0.3) is 10.9 Å². The minimum atomic E-state index is -0.656. The SMILES string of the molecule is CC(=O)Oc1cc2cc(C(C)O)[nH]c2cc1OC(C)=O. The number of benzene rings is 1. The number of rotatable bonds is 3. The third-order valence-corrected chi connectivity index (χ3v) is 2.66. The summed E-state index contributed by atoms with van der Waals surface area (Å²) in [5.41, 5.74) is 1.29. The maximum Gasteiger partial charge on any atom is 0.308 e. The van der Waals surface area contributed by atoms with Crippen LogP contribution in [0.5, 0.6) is 11.5 Å². The van der Waals surface area contributed by atoms with Gasteiger partial charge in [0.05, 0.1) is 6.10 Å². The molecule has 1 atom stereocenters. The minimum Gasteiger partial charge on any atom is -0.423 e. The Kier molecular flexibility index (Phi) is 3.76. The Balaban J connectivity index is 2.54. The second-order valence-corrected chi connectivity index (χ2v) is 4.47. The molecule has 1 aromatic heterocycles. The molecule has 6 heteroatoms. The van der Waals surface area contributed by atoms with Gasteiger partial charge in [-0.2, -0.15) is 0 Å². The predicted octanol–water partition coefficient (Wildman–Crippen LogP) is 2.07. The van der Waals surface area contributed by atoms with E-state index in [-0.39, 0.29) is 11.5 Å². The van der Waals surface area contributed by atoms with Crippen LogP contribution in [-0.2, 0) is 9.59 Å². The van der Waals surface area contributed by atoms with Gasteiger partial charge >= 0.3 is 11.9 Å². The van der Waals surface area contributed by atoms with Crippen LogP contribution in [0.15, 0.2) is 18.2 Å². The van der Waals surface area contributed by atoms with Crippen molar-refractivity contribution in [1.29, 1.82) is 0 Å². The van der Waals surface area contributed by atoms with E-state index < -0.39 is 18.0 Å². The zero-order chi connectivity index (χ0) is 14.9. The van der Waals surface area contributed by atoms with Gasteiger partial charge in [0, 0.05) is 36.5 Å². The highest BCUT2D eigenvalue weighted by Gasteiger charge is 2.14. The molecule has 0 saturated carbocycles. The second-order valence-electron chi connectivity index (χ2n) is 4.47. The molecule has 106 valence electrons. The number of ether oxygens (including phenoxy) is 2. The first kappa shape index (κ1) is 14.1. The molecule has 1 aromatic carbocycles. The number of nitrogens with one attached hydrogen (secondary N) is 1. The van der Waals surface area contributed by atoms with Crippen molar-refractivity contribution in [3.8, 4) is 11.5 Å². The Morgan fingerprint density at radius 1 is 1.10 bits per heavy atom. The average Bonchev–Trinajstić information content (AvgIpc) is 2.70. The lowest BCUT2D eigenvalue weighted by molar-refractivity contribution is -0.134. The molecule has 0 bridgehead atoms. The molecule has 0 radical (unpaired) electrons. The van der Waals surface area contributed by atoms with E-state index in [0.717, 1.165) is 5.39 Å². The van der Waals surface area contributed by atoms with Gasteiger partial charge < -0.3 is 19.6 Å². The first-order chi connectivity index (χ1) is 9.36. The molecule has 0 saturated heterocycles. The van der Waals surface area contributed by atoms with Crippen LogP contribution in [0.3, 0.4) is 0 Å². The Labute approximate surface area is 115 Å². The van der Waals surface area contributed by atoms with E-state index in [2.05, 4.69) is 4.98 Å². The predicted molar refractivity (Wildman–Crippen MR) is 71.6 cm³/mol. The molecule has 0 aliphatic carbocycles. The fourth-order valence-corrected chi connectivity index (χ4v) is 1.86. The number of carbonyl (C=O) groups is 2. The highest BCUT2D eigenvalue weighted by Crippen LogP contribution is 2.34. The monoisotopic (exact) mass is 277 g/mol. The van der Waals surface area contributed by atoms with Crippen LogP contribution >= 0.6 is 0 Å². The molecular weight excluding hydrogens is 262 g/mol. The molecule has 2 N–H and O–H groups in total. The fraction of sp³-hybridized carbons (Fsp3) is 0.286. The number of aliphatic hydroxyl groups excluding tert-OH is 1. The van der Waals surface area contributed by atoms with Gasteiger partial charge in [-0.05, 0) is 19.1 Å². The number of hydrogen-bond acceptors (Lipinski definition) is 5. The zero-order valence-corrected chi connectivity index (χ0v) is 11.4. The minimum absolute atomic E-state index is 0.152. The molecule has 0 spiro atoms. The normalized spacial score (nSPS) is 12.2. The third-order valence-electron chi connectivity index (χ3n) is 2.66. The van der Waals surface area contributed by atoms with E-state index in [9.17, 15) is 14.7 Å². The van der Waals surface area contributed by atoms with E-state index >= 15 is 0 Å². The standard InChI is InChI=1S/C14H15NO5/c1-7(16)11-4-10-5-13(19-8(2)17)14(20-9(3)18)6-12(10)15-11/h4-7,15-16H,1-3H3. The molecule has 0 amide bonds. The second kappa shape index (κ2) is 5.34. The Morgan fingerprint density at radius 2 is 1.65 bits per heavy atom. The van der Waals surface area contributed by atoms with Crippen LogP contribution in [0, 0.1) is 0 Å². The Bertz CT molecular complexity index is 618. The lowest BCUT2D eigenvalue weighted by Crippen LogP contribution is -2.07. The highest BCUT2D eigenvalue weighted by atomic mass is 16.6. The molecule has 6 nitrogen and oxygen atoms in total. The number of esters is 2. The van der Waals surface area contributed by atoms with E-state index in [1.165, 1.54) is 13.8 Å². The van der Waals surface area contributed by atoms with E-state index in [0.29, 0.717) is 11.2 Å². The topological polar surface area (TPSA) is 88.6 Å². The molecule has 0 fully saturated rings. The first-order valence-electron chi connectivity index (χ1n) is 6.08. The number of H-pyrrole nitrogens is 1. The van der Waals surface area contributed by atoms with Crippen LogP contribution in [-0.4, -0.2) is 22.0 Å². The van der Waals surface area contributed by atoms with Crippen LogP contribution in [0.4, 0.5) is 0 Å². The van der Waals surface area contributed by atoms with Crippen molar-refractivity contribution >= 4 is 22.8 Å². The molecule has 1 unspecified atom stereocenters. The molecule has 1 heterocycles. The number of aliphatic hydroxyl groups is 1. The molecule has 2 rings (SSSR count). The van der Waals surface area contributed by atoms with Crippen LogP contribution in [0.1, 0.15) is 32.6 Å². The maximum atomic E-state index is 11.1. The number of aromatic amines is 1. The van der Waals surface area contributed by atoms with E-state index in [1.807, 2.05) is 0 Å². The smallest absolute Gasteiger partial charge is 0.308 e. The summed E-state index contributed by atoms with van der Waals surface area (Å²) in [6, 6.07) is 4.88. The highest BCUT2D eigenvalue weighted by molar-refractivity contribution is 5.86. The number of aromatic nitrogens is 1. The summed E-state index contributed by atoms with van der Waals surface area (Å²) in [5.74, 6) is -0.709. The van der Waals surface area contributed by atoms with Gasteiger partial charge in [-0.15, -0.1) is 0 Å². The van der Waals surface area contributed by atoms with Gasteiger partial charge in [0.25, 0.3) is 0 Å². The van der Waals surface area contributed by atoms with Crippen molar-refractivity contribution in [3.05, 3.63) is 23.9 Å². The van der Waals surface area contributed by atoms with Gasteiger partial charge in [0.1, 0.15) is 0 Å². The zero-order valence-electron chi connectivity index (χ0n) is 11.4. The van der Waals surface area contributed by atoms with E-state index in [4.69, 9.17) is 9.47 Å². The van der Waals surface area contributed by atoms with Crippen molar-refractivity contribution in [1.82, 2.24) is 4.98 Å². The van der Waals surface area contributed by atoms with Gasteiger partial charge in [0.15, 0.2) is 11.5 Å². The molecular formula is C14H15NO5. The van der Waals surface area contributed by atoms with Crippen molar-refractivity contribution in [2.75, 3.05) is 0 Å². The Morgan fingerprint density at radius 3 is 2.15 bits per heavy atom. The lowest BCUT2D eigenvalue weighted by atomic mass is 10.2. The Hall–Kier alpha value is -2.34. The number of fused-ring (bicyclic) bond motifs is 1. The number of hydrogen-bond donors (Lipinski definition) is 2. The number of carbonyl (C=O) groups excluding carboxylic acids is 2. The van der Waals surface area contributed by atoms with Gasteiger partial charge in [0.2, 0.25) is 0 Å². The maximum absolute atomic E-state index is 11.1. The summed E-state index contributed by atoms with van der Waals surface area (Å²) in [6.45, 7) is 4.16. The average molecular weight is 277 g/mol. The summed E-state index contributed by atoms with van der Waals surface area (Å²) in [7, 11) is 0. The van der Waals surface area contributed by atoms with Crippen molar-refractivity contribution in [2.24, 2.45) is 0 Å². The van der Waals surface area contributed by atoms with E-state index in [1.54, 1.807) is 25.1 Å². The van der Waals surface area contributed by atoms with Gasteiger partial charge in [-0.25, -0.2) is 0 Å². The van der Waals surface area contributed by atoms with Gasteiger partial charge in [-0.1, -0.05) is 0 Å². The van der Waals surface area contributed by atoms with Crippen molar-refractivity contribution < 1.29 is 24.2 Å². The molecule has 2 aromatic rings. The summed E-state index contributed by atoms with van der Waals surface area (Å²) < 4.78 is 10.1. The van der Waals surface area contributed by atoms with Crippen molar-refractivity contribution in [2.45, 2.75) is 26.9 Å². The van der Waals surface area contributed by atoms with Crippen LogP contribution < -0.4 is 9.47 Å². The quantitative estimate of drug-likeness (QED) is 0.662. The van der Waals surface area contributed by atoms with Crippen molar-refractivity contribution in [3.63, 3.8) is 0 Å². The summed E-state index contributed by atoms with van der Waals surface area (Å²) in [4.78, 5) is 25.2. The fourth-order valence-electron chi connectivity index (χ4n) is 1.86. The van der Waals surface area contributed by atoms with Crippen LogP contribution in [0.2, 0.25) is 0 Å². The summed E-state index contributed by atoms with van der Waals surface area (Å²) in [5, 5.41) is 10.3. The largest absolute Gasteiger partial charge is 0.423 e. The summed E-state index contributed by atoms with van der Waals surface area (Å²) in [6.07, 6.45) is -0.656. The third kappa shape index (κ3) is 2.97.